The van der Waals surface area contributed by atoms with Crippen LogP contribution in [-0.4, -0.2) is 4.99 Å². The van der Waals surface area contributed by atoms with Gasteiger partial charge in [-0.15, -0.1) is 0 Å². The van der Waals surface area contributed by atoms with Crippen LogP contribution in [0, 0.1) is 11.6 Å². The molecule has 0 saturated heterocycles. The number of nitrogens with one attached hydrogen (secondary N) is 1. The van der Waals surface area contributed by atoms with Gasteiger partial charge in [-0.05, 0) is 46.3 Å². The van der Waals surface area contributed by atoms with Gasteiger partial charge in [-0.2, -0.15) is 0 Å². The van der Waals surface area contributed by atoms with Crippen LogP contribution in [-0.2, 0) is 0 Å². The second-order valence-electron chi connectivity index (χ2n) is 3.81. The van der Waals surface area contributed by atoms with Gasteiger partial charge in [-0.1, -0.05) is 12.2 Å². The van der Waals surface area contributed by atoms with E-state index in [2.05, 4.69) is 21.2 Å². The largest absolute Gasteiger partial charge is 0.389 e. The lowest BCUT2D eigenvalue weighted by molar-refractivity contribution is 0.509. The first kappa shape index (κ1) is 13.9. The average molecular weight is 343 g/mol. The Hall–Kier alpha value is -1.53. The van der Waals surface area contributed by atoms with E-state index in [0.29, 0.717) is 16.9 Å². The number of hydrogen-bond acceptors (Lipinski definition) is 2. The maximum atomic E-state index is 13.1. The second-order valence-corrected chi connectivity index (χ2v) is 5.11. The third-order valence-corrected chi connectivity index (χ3v) is 3.32. The topological polar surface area (TPSA) is 38.0 Å². The highest BCUT2D eigenvalue weighted by Gasteiger charge is 2.06. The molecule has 2 nitrogen and oxygen atoms in total. The van der Waals surface area contributed by atoms with E-state index < -0.39 is 11.6 Å². The summed E-state index contributed by atoms with van der Waals surface area (Å²) >= 11 is 8.24. The Morgan fingerprint density at radius 1 is 1.05 bits per heavy atom. The summed E-state index contributed by atoms with van der Waals surface area (Å²) in [6, 6.07) is 8.86. The minimum absolute atomic E-state index is 0.284. The number of benzene rings is 2. The number of anilines is 2. The lowest BCUT2D eigenvalue weighted by Gasteiger charge is -2.09. The van der Waals surface area contributed by atoms with Gasteiger partial charge in [0.25, 0.3) is 0 Å². The van der Waals surface area contributed by atoms with Crippen molar-refractivity contribution in [1.82, 2.24) is 0 Å². The van der Waals surface area contributed by atoms with Crippen LogP contribution in [0.15, 0.2) is 40.9 Å². The highest BCUT2D eigenvalue weighted by Crippen LogP contribution is 2.25. The fourth-order valence-corrected chi connectivity index (χ4v) is 2.43. The lowest BCUT2D eigenvalue weighted by atomic mass is 10.2. The predicted molar refractivity (Wildman–Crippen MR) is 79.7 cm³/mol. The number of hydrogen-bond donors (Lipinski definition) is 2. The number of halogens is 3. The van der Waals surface area contributed by atoms with E-state index in [9.17, 15) is 8.78 Å². The van der Waals surface area contributed by atoms with Crippen molar-refractivity contribution in [1.29, 1.82) is 0 Å². The highest BCUT2D eigenvalue weighted by molar-refractivity contribution is 9.10. The molecule has 2 rings (SSSR count). The van der Waals surface area contributed by atoms with E-state index in [1.807, 2.05) is 0 Å². The molecular formula is C13H9BrF2N2S. The van der Waals surface area contributed by atoms with Crippen molar-refractivity contribution in [2.75, 3.05) is 5.32 Å². The molecule has 2 aromatic rings. The molecular weight excluding hydrogens is 334 g/mol. The van der Waals surface area contributed by atoms with Gasteiger partial charge >= 0.3 is 0 Å². The van der Waals surface area contributed by atoms with Crippen LogP contribution in [0.25, 0.3) is 0 Å². The first-order chi connectivity index (χ1) is 8.97. The highest BCUT2D eigenvalue weighted by atomic mass is 79.9. The summed E-state index contributed by atoms with van der Waals surface area (Å²) in [7, 11) is 0. The molecule has 0 bridgehead atoms. The Morgan fingerprint density at radius 3 is 2.26 bits per heavy atom. The van der Waals surface area contributed by atoms with Gasteiger partial charge in [0, 0.05) is 27.5 Å². The number of rotatable bonds is 3. The zero-order valence-electron chi connectivity index (χ0n) is 9.58. The van der Waals surface area contributed by atoms with Crippen LogP contribution < -0.4 is 11.1 Å². The Morgan fingerprint density at radius 2 is 1.68 bits per heavy atom. The van der Waals surface area contributed by atoms with E-state index in [0.717, 1.165) is 16.6 Å². The van der Waals surface area contributed by atoms with Gasteiger partial charge in [0.15, 0.2) is 11.6 Å². The van der Waals surface area contributed by atoms with Gasteiger partial charge in [0.2, 0.25) is 0 Å². The molecule has 0 aromatic heterocycles. The van der Waals surface area contributed by atoms with Gasteiger partial charge in [-0.25, -0.2) is 8.78 Å². The second kappa shape index (κ2) is 5.63. The number of nitrogens with two attached hydrogens (primary N) is 1. The Bertz CT molecular complexity index is 647. The molecule has 6 heteroatoms. The molecule has 0 aliphatic heterocycles. The Labute approximate surface area is 122 Å². The molecule has 0 spiro atoms. The summed E-state index contributed by atoms with van der Waals surface area (Å²) in [6.45, 7) is 0. The van der Waals surface area contributed by atoms with E-state index >= 15 is 0 Å². The summed E-state index contributed by atoms with van der Waals surface area (Å²) in [5, 5.41) is 2.96. The molecule has 3 N–H and O–H groups in total. The molecule has 0 radical (unpaired) electrons. The normalized spacial score (nSPS) is 10.3. The van der Waals surface area contributed by atoms with Gasteiger partial charge in [0.05, 0.1) is 0 Å². The zero-order valence-corrected chi connectivity index (χ0v) is 12.0. The smallest absolute Gasteiger partial charge is 0.160 e. The Balaban J connectivity index is 2.26. The van der Waals surface area contributed by atoms with Crippen LogP contribution in [0.5, 0.6) is 0 Å². The predicted octanol–water partition coefficient (Wildman–Crippen LogP) is 4.11. The van der Waals surface area contributed by atoms with Crippen molar-refractivity contribution >= 4 is 44.5 Å². The average Bonchev–Trinajstić information content (AvgIpc) is 2.33. The first-order valence-electron chi connectivity index (χ1n) is 5.29. The molecule has 0 fully saturated rings. The van der Waals surface area contributed by atoms with Crippen molar-refractivity contribution in [3.63, 3.8) is 0 Å². The molecule has 0 aliphatic carbocycles. The summed E-state index contributed by atoms with van der Waals surface area (Å²) < 4.78 is 26.6. The van der Waals surface area contributed by atoms with Crippen LogP contribution in [0.3, 0.4) is 0 Å². The quantitative estimate of drug-likeness (QED) is 0.824. The summed E-state index contributed by atoms with van der Waals surface area (Å²) in [5.74, 6) is -1.78. The Kier molecular flexibility index (Phi) is 4.11. The maximum absolute atomic E-state index is 13.1. The lowest BCUT2D eigenvalue weighted by Crippen LogP contribution is -2.10. The molecule has 0 saturated carbocycles. The standard InChI is InChI=1S/C13H9BrF2N2S/c14-10-5-7(1-3-9(10)13(17)19)18-8-2-4-11(15)12(16)6-8/h1-6,18H,(H2,17,19). The van der Waals surface area contributed by atoms with Crippen molar-refractivity contribution in [3.8, 4) is 0 Å². The van der Waals surface area contributed by atoms with E-state index in [1.165, 1.54) is 6.07 Å². The molecule has 2 aromatic carbocycles. The molecule has 0 aliphatic rings. The van der Waals surface area contributed by atoms with Crippen molar-refractivity contribution in [2.24, 2.45) is 5.73 Å². The third kappa shape index (κ3) is 3.27. The van der Waals surface area contributed by atoms with E-state index in [4.69, 9.17) is 18.0 Å². The molecule has 0 heterocycles. The summed E-state index contributed by atoms with van der Waals surface area (Å²) in [5.41, 5.74) is 7.42. The van der Waals surface area contributed by atoms with Gasteiger partial charge < -0.3 is 11.1 Å². The molecule has 19 heavy (non-hydrogen) atoms. The molecule has 0 unspecified atom stereocenters. The summed E-state index contributed by atoms with van der Waals surface area (Å²) in [4.78, 5) is 0.284. The molecule has 0 atom stereocenters. The minimum Gasteiger partial charge on any atom is -0.389 e. The third-order valence-electron chi connectivity index (χ3n) is 2.44. The van der Waals surface area contributed by atoms with Gasteiger partial charge in [-0.3, -0.25) is 0 Å². The van der Waals surface area contributed by atoms with Crippen molar-refractivity contribution in [3.05, 3.63) is 58.1 Å². The molecule has 98 valence electrons. The van der Waals surface area contributed by atoms with E-state index in [-0.39, 0.29) is 4.99 Å². The van der Waals surface area contributed by atoms with Crippen LogP contribution in [0.2, 0.25) is 0 Å². The number of thiocarbonyl (C=S) groups is 1. The van der Waals surface area contributed by atoms with Crippen molar-refractivity contribution in [2.45, 2.75) is 0 Å². The van der Waals surface area contributed by atoms with Crippen LogP contribution >= 0.6 is 28.1 Å². The van der Waals surface area contributed by atoms with Crippen LogP contribution in [0.1, 0.15) is 5.56 Å². The van der Waals surface area contributed by atoms with Gasteiger partial charge in [0.1, 0.15) is 4.99 Å². The maximum Gasteiger partial charge on any atom is 0.160 e. The zero-order chi connectivity index (χ0) is 14.0. The van der Waals surface area contributed by atoms with Crippen molar-refractivity contribution < 1.29 is 8.78 Å². The fraction of sp³-hybridized carbons (Fsp3) is 0. The van der Waals surface area contributed by atoms with E-state index in [1.54, 1.807) is 18.2 Å². The SMILES string of the molecule is NC(=S)c1ccc(Nc2ccc(F)c(F)c2)cc1Br. The molecule has 0 amide bonds. The van der Waals surface area contributed by atoms with Crippen LogP contribution in [0.4, 0.5) is 20.2 Å². The first-order valence-corrected chi connectivity index (χ1v) is 6.49. The summed E-state index contributed by atoms with van der Waals surface area (Å²) in [6.07, 6.45) is 0. The fourth-order valence-electron chi connectivity index (χ4n) is 1.53. The monoisotopic (exact) mass is 342 g/mol. The minimum atomic E-state index is -0.899.